The molecule has 0 aliphatic carbocycles. The highest BCUT2D eigenvalue weighted by Crippen LogP contribution is 2.29. The van der Waals surface area contributed by atoms with Crippen molar-refractivity contribution in [1.82, 2.24) is 19.9 Å². The Hall–Kier alpha value is -2.61. The minimum atomic E-state index is 0.483. The monoisotopic (exact) mass is 372 g/mol. The molecule has 0 amide bonds. The maximum atomic E-state index is 5.95. The van der Waals surface area contributed by atoms with Gasteiger partial charge in [-0.2, -0.15) is 4.98 Å². The van der Waals surface area contributed by atoms with E-state index in [0.29, 0.717) is 29.9 Å². The van der Waals surface area contributed by atoms with E-state index >= 15 is 0 Å². The van der Waals surface area contributed by atoms with Crippen LogP contribution in [0.2, 0.25) is 0 Å². The van der Waals surface area contributed by atoms with E-state index in [4.69, 9.17) is 9.47 Å². The van der Waals surface area contributed by atoms with Crippen LogP contribution in [0.5, 0.6) is 11.5 Å². The number of aryl methyl sites for hydroxylation is 1. The lowest BCUT2D eigenvalue weighted by Crippen LogP contribution is -2.22. The van der Waals surface area contributed by atoms with Crippen molar-refractivity contribution in [2.24, 2.45) is 0 Å². The number of aromatic nitrogens is 3. The van der Waals surface area contributed by atoms with Gasteiger partial charge < -0.3 is 25.0 Å². The summed E-state index contributed by atoms with van der Waals surface area (Å²) in [5.41, 5.74) is 0.865. The first kappa shape index (κ1) is 19.2. The summed E-state index contributed by atoms with van der Waals surface area (Å²) in [6.45, 7) is 6.04. The summed E-state index contributed by atoms with van der Waals surface area (Å²) in [6.07, 6.45) is 5.25. The van der Waals surface area contributed by atoms with E-state index < -0.39 is 0 Å². The standard InChI is InChI=1S/C19H28N6O2/c1-14-11-17(20-2)23-19(22-14)24-18-12-15(16(26-3)13-21-18)27-10-6-9-25-7-4-5-8-25/h11-13H,4-10H2,1-3H3,(H2,20,21,22,23,24). The fraction of sp³-hybridized carbons (Fsp3) is 0.526. The molecule has 1 saturated heterocycles. The van der Waals surface area contributed by atoms with Gasteiger partial charge >= 0.3 is 0 Å². The Morgan fingerprint density at radius 3 is 2.67 bits per heavy atom. The molecule has 3 heterocycles. The van der Waals surface area contributed by atoms with Gasteiger partial charge in [0, 0.05) is 31.4 Å². The summed E-state index contributed by atoms with van der Waals surface area (Å²) >= 11 is 0. The van der Waals surface area contributed by atoms with Crippen molar-refractivity contribution in [3.63, 3.8) is 0 Å². The molecule has 1 fully saturated rings. The number of likely N-dealkylation sites (tertiary alicyclic amines) is 1. The van der Waals surface area contributed by atoms with Gasteiger partial charge in [-0.15, -0.1) is 0 Å². The predicted octanol–water partition coefficient (Wildman–Crippen LogP) is 2.84. The first-order valence-corrected chi connectivity index (χ1v) is 9.37. The lowest BCUT2D eigenvalue weighted by atomic mass is 10.3. The van der Waals surface area contributed by atoms with Crippen LogP contribution in [0.4, 0.5) is 17.6 Å². The third-order valence-electron chi connectivity index (χ3n) is 4.48. The van der Waals surface area contributed by atoms with Crippen LogP contribution in [-0.4, -0.2) is 60.3 Å². The number of rotatable bonds is 9. The topological polar surface area (TPSA) is 84.4 Å². The van der Waals surface area contributed by atoms with Crippen LogP contribution >= 0.6 is 0 Å². The number of anilines is 3. The quantitative estimate of drug-likeness (QED) is 0.650. The minimum absolute atomic E-state index is 0.483. The number of nitrogens with zero attached hydrogens (tertiary/aromatic N) is 4. The number of nitrogens with one attached hydrogen (secondary N) is 2. The molecule has 0 unspecified atom stereocenters. The molecule has 8 nitrogen and oxygen atoms in total. The Morgan fingerprint density at radius 2 is 1.93 bits per heavy atom. The fourth-order valence-electron chi connectivity index (χ4n) is 3.10. The van der Waals surface area contributed by atoms with Gasteiger partial charge in [0.05, 0.1) is 19.9 Å². The smallest absolute Gasteiger partial charge is 0.230 e. The van der Waals surface area contributed by atoms with Gasteiger partial charge in [-0.25, -0.2) is 9.97 Å². The third kappa shape index (κ3) is 5.43. The average Bonchev–Trinajstić information content (AvgIpc) is 3.18. The van der Waals surface area contributed by atoms with Crippen LogP contribution in [0.3, 0.4) is 0 Å². The maximum Gasteiger partial charge on any atom is 0.230 e. The molecule has 0 atom stereocenters. The van der Waals surface area contributed by atoms with E-state index in [0.717, 1.165) is 24.5 Å². The molecule has 0 spiro atoms. The number of pyridine rings is 1. The fourth-order valence-corrected chi connectivity index (χ4v) is 3.10. The molecule has 2 aromatic heterocycles. The third-order valence-corrected chi connectivity index (χ3v) is 4.48. The van der Waals surface area contributed by atoms with Gasteiger partial charge in [0.15, 0.2) is 11.5 Å². The van der Waals surface area contributed by atoms with Gasteiger partial charge in [-0.3, -0.25) is 0 Å². The van der Waals surface area contributed by atoms with Crippen molar-refractivity contribution in [3.8, 4) is 11.5 Å². The lowest BCUT2D eigenvalue weighted by Gasteiger charge is -2.16. The normalized spacial score (nSPS) is 14.2. The zero-order valence-corrected chi connectivity index (χ0v) is 16.3. The van der Waals surface area contributed by atoms with Gasteiger partial charge in [0.1, 0.15) is 11.6 Å². The number of methoxy groups -OCH3 is 1. The van der Waals surface area contributed by atoms with E-state index in [1.165, 1.54) is 25.9 Å². The van der Waals surface area contributed by atoms with E-state index in [2.05, 4.69) is 30.5 Å². The highest BCUT2D eigenvalue weighted by molar-refractivity contribution is 5.55. The van der Waals surface area contributed by atoms with Crippen molar-refractivity contribution in [2.45, 2.75) is 26.2 Å². The van der Waals surface area contributed by atoms with E-state index in [-0.39, 0.29) is 0 Å². The van der Waals surface area contributed by atoms with Crippen LogP contribution in [0, 0.1) is 6.92 Å². The van der Waals surface area contributed by atoms with Crippen molar-refractivity contribution in [2.75, 3.05) is 51.0 Å². The molecule has 0 bridgehead atoms. The van der Waals surface area contributed by atoms with Crippen LogP contribution in [0.15, 0.2) is 18.3 Å². The molecular weight excluding hydrogens is 344 g/mol. The van der Waals surface area contributed by atoms with Gasteiger partial charge in [-0.1, -0.05) is 0 Å². The highest BCUT2D eigenvalue weighted by Gasteiger charge is 2.12. The first-order chi connectivity index (χ1) is 13.2. The molecule has 27 heavy (non-hydrogen) atoms. The number of hydrogen-bond acceptors (Lipinski definition) is 8. The van der Waals surface area contributed by atoms with Crippen LogP contribution in [-0.2, 0) is 0 Å². The second kappa shape index (κ2) is 9.36. The highest BCUT2D eigenvalue weighted by atomic mass is 16.5. The van der Waals surface area contributed by atoms with Crippen LogP contribution in [0.1, 0.15) is 25.0 Å². The lowest BCUT2D eigenvalue weighted by molar-refractivity contribution is 0.254. The predicted molar refractivity (Wildman–Crippen MR) is 106 cm³/mol. The van der Waals surface area contributed by atoms with Crippen molar-refractivity contribution in [1.29, 1.82) is 0 Å². The molecule has 1 aliphatic rings. The van der Waals surface area contributed by atoms with Crippen LogP contribution < -0.4 is 20.1 Å². The molecule has 1 aliphatic heterocycles. The minimum Gasteiger partial charge on any atom is -0.491 e. The Kier molecular flexibility index (Phi) is 6.64. The molecule has 2 aromatic rings. The summed E-state index contributed by atoms with van der Waals surface area (Å²) in [4.78, 5) is 15.6. The molecule has 8 heteroatoms. The zero-order valence-electron chi connectivity index (χ0n) is 16.3. The SMILES string of the molecule is CNc1cc(C)nc(Nc2cc(OCCCN3CCCC3)c(OC)cn2)n1. The molecule has 0 aromatic carbocycles. The number of hydrogen-bond donors (Lipinski definition) is 2. The maximum absolute atomic E-state index is 5.95. The Labute approximate surface area is 160 Å². The Balaban J connectivity index is 1.62. The Morgan fingerprint density at radius 1 is 1.11 bits per heavy atom. The second-order valence-corrected chi connectivity index (χ2v) is 6.56. The largest absolute Gasteiger partial charge is 0.491 e. The first-order valence-electron chi connectivity index (χ1n) is 9.37. The molecule has 0 saturated carbocycles. The van der Waals surface area contributed by atoms with Crippen molar-refractivity contribution in [3.05, 3.63) is 24.0 Å². The summed E-state index contributed by atoms with van der Waals surface area (Å²) < 4.78 is 11.3. The average molecular weight is 372 g/mol. The number of ether oxygens (including phenoxy) is 2. The van der Waals surface area contributed by atoms with Crippen molar-refractivity contribution < 1.29 is 9.47 Å². The van der Waals surface area contributed by atoms with Gasteiger partial charge in [0.2, 0.25) is 5.95 Å². The van der Waals surface area contributed by atoms with E-state index in [1.807, 2.05) is 26.1 Å². The molecule has 146 valence electrons. The zero-order chi connectivity index (χ0) is 19.1. The Bertz CT molecular complexity index is 749. The summed E-state index contributed by atoms with van der Waals surface area (Å²) in [7, 11) is 3.44. The summed E-state index contributed by atoms with van der Waals surface area (Å²) in [6, 6.07) is 3.70. The molecular formula is C19H28N6O2. The summed E-state index contributed by atoms with van der Waals surface area (Å²) in [5, 5.41) is 6.15. The van der Waals surface area contributed by atoms with Gasteiger partial charge in [-0.05, 0) is 39.3 Å². The van der Waals surface area contributed by atoms with E-state index in [9.17, 15) is 0 Å². The molecule has 3 rings (SSSR count). The molecule has 0 radical (unpaired) electrons. The van der Waals surface area contributed by atoms with Crippen molar-refractivity contribution >= 4 is 17.6 Å². The molecule has 2 N–H and O–H groups in total. The van der Waals surface area contributed by atoms with Gasteiger partial charge in [0.25, 0.3) is 0 Å². The van der Waals surface area contributed by atoms with Crippen LogP contribution in [0.25, 0.3) is 0 Å². The summed E-state index contributed by atoms with van der Waals surface area (Å²) in [5.74, 6) is 3.12. The second-order valence-electron chi connectivity index (χ2n) is 6.56. The van der Waals surface area contributed by atoms with E-state index in [1.54, 1.807) is 13.3 Å².